The van der Waals surface area contributed by atoms with E-state index in [1.807, 2.05) is 103 Å². The number of fused-ring (bicyclic) bond motifs is 7. The van der Waals surface area contributed by atoms with E-state index in [4.69, 9.17) is 19.4 Å². The van der Waals surface area contributed by atoms with E-state index >= 15 is 0 Å². The Morgan fingerprint density at radius 1 is 0.481 bits per heavy atom. The molecule has 3 aromatic heterocycles. The monoisotopic (exact) mass is 665 g/mol. The SMILES string of the molecule is N#Cc1ccccc1-c1cc(-c2nc(-c3ccccc3)nc(-c3ccccc3)n2)ccc1-n1c2ccccc2c2c3oc4ccccc4c3ccc21. The summed E-state index contributed by atoms with van der Waals surface area (Å²) in [4.78, 5) is 14.9. The molecule has 7 aromatic carbocycles. The normalized spacial score (nSPS) is 11.4. The highest BCUT2D eigenvalue weighted by Crippen LogP contribution is 2.43. The van der Waals surface area contributed by atoms with Gasteiger partial charge in [-0.3, -0.25) is 0 Å². The summed E-state index contributed by atoms with van der Waals surface area (Å²) in [5.74, 6) is 1.72. The zero-order valence-corrected chi connectivity index (χ0v) is 27.7. The lowest BCUT2D eigenvalue weighted by molar-refractivity contribution is 0.673. The number of furan rings is 1. The van der Waals surface area contributed by atoms with E-state index in [9.17, 15) is 5.26 Å². The fraction of sp³-hybridized carbons (Fsp3) is 0. The molecule has 242 valence electrons. The van der Waals surface area contributed by atoms with Crippen LogP contribution in [0.4, 0.5) is 0 Å². The fourth-order valence-corrected chi connectivity index (χ4v) is 7.33. The van der Waals surface area contributed by atoms with Crippen molar-refractivity contribution in [3.8, 4) is 57.0 Å². The fourth-order valence-electron chi connectivity index (χ4n) is 7.33. The zero-order chi connectivity index (χ0) is 34.6. The summed E-state index contributed by atoms with van der Waals surface area (Å²) < 4.78 is 8.85. The maximum absolute atomic E-state index is 10.3. The maximum Gasteiger partial charge on any atom is 0.164 e. The molecule has 3 heterocycles. The number of para-hydroxylation sites is 2. The van der Waals surface area contributed by atoms with Gasteiger partial charge in [0.2, 0.25) is 0 Å². The van der Waals surface area contributed by atoms with Gasteiger partial charge >= 0.3 is 0 Å². The summed E-state index contributed by atoms with van der Waals surface area (Å²) in [6, 6.07) is 57.3. The van der Waals surface area contributed by atoms with Crippen molar-refractivity contribution in [2.24, 2.45) is 0 Å². The van der Waals surface area contributed by atoms with E-state index in [2.05, 4.69) is 71.3 Å². The lowest BCUT2D eigenvalue weighted by Gasteiger charge is -2.17. The Bertz CT molecular complexity index is 2970. The Hall–Kier alpha value is -7.36. The minimum atomic E-state index is 0.543. The molecule has 10 aromatic rings. The number of rotatable bonds is 5. The van der Waals surface area contributed by atoms with Crippen molar-refractivity contribution in [3.05, 3.63) is 169 Å². The van der Waals surface area contributed by atoms with Crippen molar-refractivity contribution >= 4 is 43.7 Å². The first-order chi connectivity index (χ1) is 25.7. The van der Waals surface area contributed by atoms with Gasteiger partial charge in [0.05, 0.1) is 33.7 Å². The molecule has 6 heteroatoms. The summed E-state index contributed by atoms with van der Waals surface area (Å²) in [5, 5.41) is 14.6. The molecule has 0 aliphatic carbocycles. The van der Waals surface area contributed by atoms with Gasteiger partial charge in [-0.15, -0.1) is 0 Å². The third-order valence-electron chi connectivity index (χ3n) is 9.71. The summed E-state index contributed by atoms with van der Waals surface area (Å²) in [5.41, 5.74) is 9.57. The van der Waals surface area contributed by atoms with Gasteiger partial charge in [-0.1, -0.05) is 115 Å². The third kappa shape index (κ3) is 4.68. The van der Waals surface area contributed by atoms with E-state index in [1.54, 1.807) is 0 Å². The van der Waals surface area contributed by atoms with Gasteiger partial charge in [0.15, 0.2) is 17.5 Å². The first-order valence-corrected chi connectivity index (χ1v) is 17.1. The Morgan fingerprint density at radius 2 is 1.10 bits per heavy atom. The lowest BCUT2D eigenvalue weighted by Crippen LogP contribution is -2.02. The molecule has 0 amide bonds. The molecule has 0 unspecified atom stereocenters. The predicted octanol–water partition coefficient (Wildman–Crippen LogP) is 11.4. The molecule has 10 rings (SSSR count). The van der Waals surface area contributed by atoms with Gasteiger partial charge in [-0.25, -0.2) is 15.0 Å². The molecular formula is C46H27N5O. The molecule has 0 N–H and O–H groups in total. The first kappa shape index (κ1) is 29.5. The minimum Gasteiger partial charge on any atom is -0.455 e. The van der Waals surface area contributed by atoms with Gasteiger partial charge in [-0.05, 0) is 48.5 Å². The van der Waals surface area contributed by atoms with Gasteiger partial charge in [0.25, 0.3) is 0 Å². The van der Waals surface area contributed by atoms with E-state index in [-0.39, 0.29) is 0 Å². The second kappa shape index (κ2) is 11.9. The van der Waals surface area contributed by atoms with E-state index in [0.29, 0.717) is 23.0 Å². The molecule has 0 saturated carbocycles. The van der Waals surface area contributed by atoms with Crippen molar-refractivity contribution < 1.29 is 4.42 Å². The van der Waals surface area contributed by atoms with E-state index in [0.717, 1.165) is 77.2 Å². The standard InChI is InChI=1S/C46H27N5O/c47-28-32-17-7-8-18-33(32)37-27-31(46-49-44(29-13-3-1-4-14-29)48-45(50-46)30-15-5-2-6-16-30)23-25-39(37)51-38-21-11-9-20-36(38)42-40(51)26-24-35-34-19-10-12-22-41(34)52-43(35)42/h1-27H. The molecule has 52 heavy (non-hydrogen) atoms. The van der Waals surface area contributed by atoms with Crippen molar-refractivity contribution in [2.75, 3.05) is 0 Å². The molecule has 0 spiro atoms. The summed E-state index contributed by atoms with van der Waals surface area (Å²) in [7, 11) is 0. The van der Waals surface area contributed by atoms with Crippen LogP contribution < -0.4 is 0 Å². The maximum atomic E-state index is 10.3. The van der Waals surface area contributed by atoms with Crippen LogP contribution in [0.3, 0.4) is 0 Å². The smallest absolute Gasteiger partial charge is 0.164 e. The number of aromatic nitrogens is 4. The second-order valence-corrected chi connectivity index (χ2v) is 12.7. The van der Waals surface area contributed by atoms with Gasteiger partial charge in [-0.2, -0.15) is 5.26 Å². The molecular weight excluding hydrogens is 639 g/mol. The van der Waals surface area contributed by atoms with E-state index in [1.165, 1.54) is 0 Å². The minimum absolute atomic E-state index is 0.543. The average molecular weight is 666 g/mol. The number of hydrogen-bond donors (Lipinski definition) is 0. The molecule has 0 saturated heterocycles. The first-order valence-electron chi connectivity index (χ1n) is 17.1. The molecule has 0 fully saturated rings. The Morgan fingerprint density at radius 3 is 1.83 bits per heavy atom. The van der Waals surface area contributed by atoms with Crippen LogP contribution in [0.2, 0.25) is 0 Å². The highest BCUT2D eigenvalue weighted by Gasteiger charge is 2.22. The second-order valence-electron chi connectivity index (χ2n) is 12.7. The van der Waals surface area contributed by atoms with Crippen LogP contribution in [0.1, 0.15) is 5.56 Å². The van der Waals surface area contributed by atoms with Crippen molar-refractivity contribution in [1.29, 1.82) is 5.26 Å². The average Bonchev–Trinajstić information content (AvgIpc) is 3.77. The van der Waals surface area contributed by atoms with Gasteiger partial charge < -0.3 is 8.98 Å². The van der Waals surface area contributed by atoms with Crippen LogP contribution in [0.25, 0.3) is 94.7 Å². The highest BCUT2D eigenvalue weighted by molar-refractivity contribution is 6.24. The van der Waals surface area contributed by atoms with Crippen LogP contribution in [0, 0.1) is 11.3 Å². The number of benzene rings is 7. The van der Waals surface area contributed by atoms with Crippen LogP contribution in [0.5, 0.6) is 0 Å². The largest absolute Gasteiger partial charge is 0.455 e. The van der Waals surface area contributed by atoms with Gasteiger partial charge in [0, 0.05) is 44.0 Å². The Balaban J connectivity index is 1.26. The molecule has 0 aliphatic heterocycles. The molecule has 0 bridgehead atoms. The molecule has 0 aliphatic rings. The lowest BCUT2D eigenvalue weighted by atomic mass is 9.96. The van der Waals surface area contributed by atoms with Crippen molar-refractivity contribution in [2.45, 2.75) is 0 Å². The molecule has 0 atom stereocenters. The van der Waals surface area contributed by atoms with E-state index < -0.39 is 0 Å². The summed E-state index contributed by atoms with van der Waals surface area (Å²) in [6.45, 7) is 0. The molecule has 6 nitrogen and oxygen atoms in total. The topological polar surface area (TPSA) is 80.5 Å². The highest BCUT2D eigenvalue weighted by atomic mass is 16.3. The predicted molar refractivity (Wildman–Crippen MR) is 208 cm³/mol. The Labute approximate surface area is 298 Å². The van der Waals surface area contributed by atoms with Crippen LogP contribution in [-0.4, -0.2) is 19.5 Å². The zero-order valence-electron chi connectivity index (χ0n) is 27.7. The Kier molecular flexibility index (Phi) is 6.76. The quantitative estimate of drug-likeness (QED) is 0.183. The van der Waals surface area contributed by atoms with Crippen LogP contribution in [0.15, 0.2) is 168 Å². The van der Waals surface area contributed by atoms with Crippen molar-refractivity contribution in [1.82, 2.24) is 19.5 Å². The van der Waals surface area contributed by atoms with Gasteiger partial charge in [0.1, 0.15) is 11.2 Å². The summed E-state index contributed by atoms with van der Waals surface area (Å²) in [6.07, 6.45) is 0. The number of nitriles is 1. The summed E-state index contributed by atoms with van der Waals surface area (Å²) >= 11 is 0. The van der Waals surface area contributed by atoms with Crippen LogP contribution in [-0.2, 0) is 0 Å². The number of nitrogens with zero attached hydrogens (tertiary/aromatic N) is 5. The number of hydrogen-bond acceptors (Lipinski definition) is 5. The van der Waals surface area contributed by atoms with Crippen LogP contribution >= 0.6 is 0 Å². The molecule has 0 radical (unpaired) electrons. The third-order valence-corrected chi connectivity index (χ3v) is 9.71. The van der Waals surface area contributed by atoms with Crippen molar-refractivity contribution in [3.63, 3.8) is 0 Å².